The molecule has 0 aliphatic heterocycles. The number of rotatable bonds is 4. The van der Waals surface area contributed by atoms with Crippen molar-refractivity contribution in [1.82, 2.24) is 19.5 Å². The molecule has 0 saturated heterocycles. The second kappa shape index (κ2) is 12.3. The van der Waals surface area contributed by atoms with Crippen molar-refractivity contribution in [3.8, 4) is 51.0 Å². The summed E-state index contributed by atoms with van der Waals surface area (Å²) in [5.74, 6) is 1.95. The average Bonchev–Trinajstić information content (AvgIpc) is 3.73. The normalized spacial score (nSPS) is 13.1. The molecule has 0 spiro atoms. The van der Waals surface area contributed by atoms with Crippen molar-refractivity contribution in [2.24, 2.45) is 0 Å². The lowest BCUT2D eigenvalue weighted by molar-refractivity contribution is 0.661. The van der Waals surface area contributed by atoms with E-state index < -0.39 is 0 Å². The molecule has 11 aromatic rings. The van der Waals surface area contributed by atoms with Gasteiger partial charge in [0.15, 0.2) is 17.5 Å². The van der Waals surface area contributed by atoms with Gasteiger partial charge in [0.05, 0.1) is 11.0 Å². The van der Waals surface area contributed by atoms with Gasteiger partial charge in [-0.1, -0.05) is 166 Å². The minimum Gasteiger partial charge on any atom is -0.309 e. The molecule has 272 valence electrons. The fraction of sp³-hybridized carbons (Fsp3) is 0.0556. The number of hydrogen-bond donors (Lipinski definition) is 0. The Morgan fingerprint density at radius 2 is 0.931 bits per heavy atom. The van der Waals surface area contributed by atoms with E-state index in [1.807, 2.05) is 36.4 Å². The molecule has 4 heteroatoms. The van der Waals surface area contributed by atoms with Gasteiger partial charge in [-0.25, -0.2) is 15.0 Å². The summed E-state index contributed by atoms with van der Waals surface area (Å²) in [5, 5.41) is 9.59. The van der Waals surface area contributed by atoms with E-state index in [4.69, 9.17) is 15.0 Å². The quantitative estimate of drug-likeness (QED) is 0.169. The Balaban J connectivity index is 1.14. The molecule has 0 unspecified atom stereocenters. The van der Waals surface area contributed by atoms with E-state index in [9.17, 15) is 0 Å². The number of aromatic nitrogens is 4. The second-order valence-electron chi connectivity index (χ2n) is 16.0. The summed E-state index contributed by atoms with van der Waals surface area (Å²) in [7, 11) is 0. The van der Waals surface area contributed by atoms with Gasteiger partial charge in [-0.15, -0.1) is 0 Å². The van der Waals surface area contributed by atoms with Crippen LogP contribution in [0.5, 0.6) is 0 Å². The summed E-state index contributed by atoms with van der Waals surface area (Å²) >= 11 is 0. The molecule has 9 aromatic carbocycles. The zero-order valence-corrected chi connectivity index (χ0v) is 32.1. The Bertz CT molecular complexity index is 3410. The van der Waals surface area contributed by atoms with Crippen molar-refractivity contribution in [2.75, 3.05) is 0 Å². The largest absolute Gasteiger partial charge is 0.309 e. The smallest absolute Gasteiger partial charge is 0.164 e. The van der Waals surface area contributed by atoms with Gasteiger partial charge >= 0.3 is 0 Å². The van der Waals surface area contributed by atoms with Gasteiger partial charge < -0.3 is 4.57 Å². The molecule has 0 fully saturated rings. The van der Waals surface area contributed by atoms with Crippen LogP contribution in [0.25, 0.3) is 105 Å². The van der Waals surface area contributed by atoms with Crippen molar-refractivity contribution in [3.63, 3.8) is 0 Å². The average molecular weight is 741 g/mol. The molecular weight excluding hydrogens is 705 g/mol. The van der Waals surface area contributed by atoms with Crippen molar-refractivity contribution >= 4 is 54.1 Å². The first-order chi connectivity index (χ1) is 28.5. The number of fused-ring (bicyclic) bond motifs is 12. The summed E-state index contributed by atoms with van der Waals surface area (Å²) in [6.07, 6.45) is 0. The molecule has 58 heavy (non-hydrogen) atoms. The predicted molar refractivity (Wildman–Crippen MR) is 241 cm³/mol. The fourth-order valence-electron chi connectivity index (χ4n) is 9.69. The maximum atomic E-state index is 5.19. The number of benzene rings is 9. The maximum absolute atomic E-state index is 5.19. The predicted octanol–water partition coefficient (Wildman–Crippen LogP) is 13.7. The first-order valence-electron chi connectivity index (χ1n) is 20.0. The summed E-state index contributed by atoms with van der Waals surface area (Å²) in [4.78, 5) is 15.4. The van der Waals surface area contributed by atoms with Gasteiger partial charge in [-0.2, -0.15) is 0 Å². The molecule has 0 atom stereocenters. The summed E-state index contributed by atoms with van der Waals surface area (Å²) in [6, 6.07) is 65.4. The van der Waals surface area contributed by atoms with Crippen LogP contribution in [0.3, 0.4) is 0 Å². The van der Waals surface area contributed by atoms with Gasteiger partial charge in [0.25, 0.3) is 0 Å². The highest BCUT2D eigenvalue weighted by Gasteiger charge is 2.36. The van der Waals surface area contributed by atoms with Gasteiger partial charge in [-0.05, 0) is 79.5 Å². The standard InChI is InChI=1S/C54H36N4/c1-54(2)46-26-13-11-22-38(46)44-31-45-39-23-12-14-27-48(39)58(49(45)32-47(44)54)35-28-29-41-43(30-35)37-21-10-9-20-36(37)40-24-15-25-42(50(40)41)53-56-51(33-16-5-3-6-17-33)55-52(57-53)34-18-7-4-8-19-34/h3-32H,1-2H3. The molecule has 0 N–H and O–H groups in total. The van der Waals surface area contributed by atoms with Crippen LogP contribution in [0.15, 0.2) is 182 Å². The molecule has 2 heterocycles. The van der Waals surface area contributed by atoms with Crippen LogP contribution in [0.1, 0.15) is 25.0 Å². The van der Waals surface area contributed by atoms with E-state index >= 15 is 0 Å². The summed E-state index contributed by atoms with van der Waals surface area (Å²) < 4.78 is 2.47. The monoisotopic (exact) mass is 740 g/mol. The molecule has 1 aliphatic rings. The second-order valence-corrected chi connectivity index (χ2v) is 16.0. The van der Waals surface area contributed by atoms with Crippen molar-refractivity contribution < 1.29 is 0 Å². The fourth-order valence-corrected chi connectivity index (χ4v) is 9.69. The first-order valence-corrected chi connectivity index (χ1v) is 20.0. The first kappa shape index (κ1) is 32.8. The molecule has 0 radical (unpaired) electrons. The van der Waals surface area contributed by atoms with Crippen LogP contribution in [-0.2, 0) is 5.41 Å². The summed E-state index contributed by atoms with van der Waals surface area (Å²) in [5.41, 5.74) is 11.8. The Morgan fingerprint density at radius 1 is 0.362 bits per heavy atom. The van der Waals surface area contributed by atoms with E-state index in [1.165, 1.54) is 65.6 Å². The lowest BCUT2D eigenvalue weighted by Crippen LogP contribution is -2.14. The SMILES string of the molecule is CC1(C)c2ccccc2-c2cc3c4ccccc4n(-c4ccc5c(c4)c4ccccc4c4cccc(-c6nc(-c7ccccc7)nc(-c7ccccc7)n6)c45)c3cc21. The zero-order valence-electron chi connectivity index (χ0n) is 32.1. The van der Waals surface area contributed by atoms with Crippen LogP contribution < -0.4 is 0 Å². The van der Waals surface area contributed by atoms with Crippen molar-refractivity contribution in [2.45, 2.75) is 19.3 Å². The summed E-state index contributed by atoms with van der Waals surface area (Å²) in [6.45, 7) is 4.72. The number of nitrogens with zero attached hydrogens (tertiary/aromatic N) is 4. The minimum absolute atomic E-state index is 0.105. The minimum atomic E-state index is -0.105. The highest BCUT2D eigenvalue weighted by molar-refractivity contribution is 6.28. The third kappa shape index (κ3) is 4.72. The molecule has 0 bridgehead atoms. The topological polar surface area (TPSA) is 43.6 Å². The zero-order chi connectivity index (χ0) is 38.5. The molecule has 0 amide bonds. The van der Waals surface area contributed by atoms with Crippen LogP contribution in [0.4, 0.5) is 0 Å². The highest BCUT2D eigenvalue weighted by Crippen LogP contribution is 2.51. The van der Waals surface area contributed by atoms with E-state index in [-0.39, 0.29) is 5.41 Å². The Kier molecular flexibility index (Phi) is 6.94. The van der Waals surface area contributed by atoms with Crippen LogP contribution >= 0.6 is 0 Å². The van der Waals surface area contributed by atoms with Crippen LogP contribution in [0.2, 0.25) is 0 Å². The molecule has 4 nitrogen and oxygen atoms in total. The molecular formula is C54H36N4. The number of para-hydroxylation sites is 1. The molecule has 2 aromatic heterocycles. The van der Waals surface area contributed by atoms with Crippen molar-refractivity contribution in [1.29, 1.82) is 0 Å². The van der Waals surface area contributed by atoms with E-state index in [0.717, 1.165) is 33.2 Å². The molecule has 12 rings (SSSR count). The maximum Gasteiger partial charge on any atom is 0.164 e. The van der Waals surface area contributed by atoms with Gasteiger partial charge in [0.2, 0.25) is 0 Å². The van der Waals surface area contributed by atoms with Gasteiger partial charge in [-0.3, -0.25) is 0 Å². The van der Waals surface area contributed by atoms with E-state index in [0.29, 0.717) is 17.5 Å². The van der Waals surface area contributed by atoms with Crippen LogP contribution in [0, 0.1) is 0 Å². The Morgan fingerprint density at radius 3 is 1.67 bits per heavy atom. The lowest BCUT2D eigenvalue weighted by atomic mass is 9.82. The van der Waals surface area contributed by atoms with E-state index in [2.05, 4.69) is 164 Å². The Hall–Kier alpha value is -7.43. The third-order valence-electron chi connectivity index (χ3n) is 12.4. The third-order valence-corrected chi connectivity index (χ3v) is 12.4. The van der Waals surface area contributed by atoms with E-state index in [1.54, 1.807) is 0 Å². The molecule has 1 aliphatic carbocycles. The lowest BCUT2D eigenvalue weighted by Gasteiger charge is -2.21. The van der Waals surface area contributed by atoms with Gasteiger partial charge in [0, 0.05) is 44.0 Å². The van der Waals surface area contributed by atoms with Gasteiger partial charge in [0.1, 0.15) is 0 Å². The Labute approximate surface area is 335 Å². The number of hydrogen-bond acceptors (Lipinski definition) is 3. The van der Waals surface area contributed by atoms with Crippen LogP contribution in [-0.4, -0.2) is 19.5 Å². The molecule has 0 saturated carbocycles. The highest BCUT2D eigenvalue weighted by atomic mass is 15.0. The van der Waals surface area contributed by atoms with Crippen molar-refractivity contribution in [3.05, 3.63) is 193 Å².